The maximum absolute atomic E-state index is 12.9. The van der Waals surface area contributed by atoms with Crippen LogP contribution in [0.1, 0.15) is 36.8 Å². The Morgan fingerprint density at radius 2 is 1.86 bits per heavy atom. The van der Waals surface area contributed by atoms with Gasteiger partial charge in [0.1, 0.15) is 5.82 Å². The maximum Gasteiger partial charge on any atom is 0.322 e. The molecule has 0 bridgehead atoms. The highest BCUT2D eigenvalue weighted by atomic mass is 32.2. The minimum atomic E-state index is -0.247. The molecule has 1 amide bonds. The van der Waals surface area contributed by atoms with Gasteiger partial charge in [-0.3, -0.25) is 10.1 Å². The number of hydrogen-bond donors (Lipinski definition) is 1. The van der Waals surface area contributed by atoms with Crippen molar-refractivity contribution in [2.75, 3.05) is 11.1 Å². The molecule has 0 radical (unpaired) electrons. The van der Waals surface area contributed by atoms with Crippen molar-refractivity contribution in [3.63, 3.8) is 0 Å². The predicted molar refractivity (Wildman–Crippen MR) is 111 cm³/mol. The topological polar surface area (TPSA) is 68.0 Å². The fraction of sp³-hybridized carbons (Fsp3) is 0.318. The number of anilines is 1. The van der Waals surface area contributed by atoms with E-state index in [2.05, 4.69) is 27.6 Å². The molecule has 1 aromatic heterocycles. The molecule has 4 rings (SSSR count). The Labute approximate surface area is 173 Å². The number of aryl methyl sites for hydroxylation is 2. The first kappa shape index (κ1) is 19.6. The number of halogens is 1. The van der Waals surface area contributed by atoms with Gasteiger partial charge < -0.3 is 4.42 Å². The van der Waals surface area contributed by atoms with Crippen molar-refractivity contribution in [1.82, 2.24) is 10.2 Å². The highest BCUT2D eigenvalue weighted by molar-refractivity contribution is 7.99. The van der Waals surface area contributed by atoms with Gasteiger partial charge in [-0.1, -0.05) is 11.2 Å². The number of nitrogens with zero attached hydrogens (tertiary/aromatic N) is 2. The summed E-state index contributed by atoms with van der Waals surface area (Å²) in [7, 11) is 0. The molecule has 0 unspecified atom stereocenters. The monoisotopic (exact) mass is 411 g/mol. The van der Waals surface area contributed by atoms with Crippen molar-refractivity contribution >= 4 is 23.7 Å². The normalized spacial score (nSPS) is 13.1. The van der Waals surface area contributed by atoms with Crippen LogP contribution in [0, 0.1) is 5.82 Å². The van der Waals surface area contributed by atoms with E-state index in [1.54, 1.807) is 23.9 Å². The molecule has 0 saturated heterocycles. The number of nitrogens with one attached hydrogen (secondary N) is 1. The summed E-state index contributed by atoms with van der Waals surface area (Å²) in [5.41, 5.74) is 3.62. The molecular weight excluding hydrogens is 389 g/mol. The first-order valence-corrected chi connectivity index (χ1v) is 10.8. The average Bonchev–Trinajstić information content (AvgIpc) is 3.20. The SMILES string of the molecule is O=C(CCCSc1ccc(F)cc1)Nc1nnc(-c2ccc3c(c2)CCCC3)o1. The smallest absolute Gasteiger partial charge is 0.322 e. The Kier molecular flexibility index (Phi) is 6.24. The van der Waals surface area contributed by atoms with Crippen LogP contribution in [0.3, 0.4) is 0 Å². The molecule has 7 heteroatoms. The van der Waals surface area contributed by atoms with E-state index in [9.17, 15) is 9.18 Å². The average molecular weight is 412 g/mol. The summed E-state index contributed by atoms with van der Waals surface area (Å²) in [6.45, 7) is 0. The van der Waals surface area contributed by atoms with E-state index < -0.39 is 0 Å². The van der Waals surface area contributed by atoms with Crippen molar-refractivity contribution in [1.29, 1.82) is 0 Å². The van der Waals surface area contributed by atoms with Crippen LogP contribution in [0.15, 0.2) is 51.8 Å². The maximum atomic E-state index is 12.9. The predicted octanol–water partition coefficient (Wildman–Crippen LogP) is 5.27. The second-order valence-electron chi connectivity index (χ2n) is 7.06. The van der Waals surface area contributed by atoms with E-state index in [1.165, 1.54) is 36.1 Å². The van der Waals surface area contributed by atoms with Crippen molar-refractivity contribution < 1.29 is 13.6 Å². The van der Waals surface area contributed by atoms with E-state index in [0.29, 0.717) is 18.7 Å². The van der Waals surface area contributed by atoms with Gasteiger partial charge in [-0.2, -0.15) is 0 Å². The molecule has 1 N–H and O–H groups in total. The number of rotatable bonds is 7. The van der Waals surface area contributed by atoms with Crippen molar-refractivity contribution in [2.45, 2.75) is 43.4 Å². The fourth-order valence-electron chi connectivity index (χ4n) is 3.39. The third-order valence-corrected chi connectivity index (χ3v) is 6.00. The summed E-state index contributed by atoms with van der Waals surface area (Å²) in [4.78, 5) is 13.1. The summed E-state index contributed by atoms with van der Waals surface area (Å²) in [6.07, 6.45) is 5.70. The molecule has 2 aromatic carbocycles. The number of benzene rings is 2. The molecule has 3 aromatic rings. The quantitative estimate of drug-likeness (QED) is 0.424. The zero-order valence-corrected chi connectivity index (χ0v) is 16.8. The van der Waals surface area contributed by atoms with Crippen LogP contribution in [-0.2, 0) is 17.6 Å². The number of hydrogen-bond acceptors (Lipinski definition) is 5. The number of amides is 1. The molecule has 150 valence electrons. The van der Waals surface area contributed by atoms with Crippen LogP contribution < -0.4 is 5.32 Å². The Bertz CT molecular complexity index is 988. The first-order valence-electron chi connectivity index (χ1n) is 9.81. The lowest BCUT2D eigenvalue weighted by molar-refractivity contribution is -0.116. The Morgan fingerprint density at radius 3 is 2.69 bits per heavy atom. The van der Waals surface area contributed by atoms with Gasteiger partial charge in [0.25, 0.3) is 0 Å². The lowest BCUT2D eigenvalue weighted by atomic mass is 9.90. The van der Waals surface area contributed by atoms with E-state index >= 15 is 0 Å². The van der Waals surface area contributed by atoms with Crippen LogP contribution >= 0.6 is 11.8 Å². The minimum Gasteiger partial charge on any atom is -0.403 e. The standard InChI is InChI=1S/C22H22FN3O2S/c23-18-9-11-19(12-10-18)29-13-3-6-20(27)24-22-26-25-21(28-22)17-8-7-15-4-1-2-5-16(15)14-17/h7-12,14H,1-6,13H2,(H,24,26,27). The summed E-state index contributed by atoms with van der Waals surface area (Å²) < 4.78 is 18.5. The molecule has 29 heavy (non-hydrogen) atoms. The number of aromatic nitrogens is 2. The lowest BCUT2D eigenvalue weighted by Crippen LogP contribution is -2.11. The molecule has 0 fully saturated rings. The summed E-state index contributed by atoms with van der Waals surface area (Å²) in [6, 6.07) is 12.7. The summed E-state index contributed by atoms with van der Waals surface area (Å²) >= 11 is 1.59. The van der Waals surface area contributed by atoms with Crippen molar-refractivity contribution in [3.8, 4) is 11.5 Å². The minimum absolute atomic E-state index is 0.119. The Morgan fingerprint density at radius 1 is 1.07 bits per heavy atom. The number of carbonyl (C=O) groups is 1. The third-order valence-electron chi connectivity index (χ3n) is 4.90. The molecule has 0 atom stereocenters. The van der Waals surface area contributed by atoms with Crippen molar-refractivity contribution in [3.05, 3.63) is 59.4 Å². The third kappa shape index (κ3) is 5.23. The molecule has 0 saturated carbocycles. The van der Waals surface area contributed by atoms with E-state index in [1.807, 2.05) is 6.07 Å². The van der Waals surface area contributed by atoms with Gasteiger partial charge in [0.05, 0.1) is 0 Å². The van der Waals surface area contributed by atoms with Crippen LogP contribution in [0.2, 0.25) is 0 Å². The number of thioether (sulfide) groups is 1. The van der Waals surface area contributed by atoms with Gasteiger partial charge in [0.15, 0.2) is 0 Å². The van der Waals surface area contributed by atoms with Gasteiger partial charge >= 0.3 is 6.01 Å². The fourth-order valence-corrected chi connectivity index (χ4v) is 4.25. The Hall–Kier alpha value is -2.67. The van der Waals surface area contributed by atoms with Gasteiger partial charge in [-0.05, 0) is 85.4 Å². The number of fused-ring (bicyclic) bond motifs is 1. The van der Waals surface area contributed by atoms with Crippen LogP contribution in [0.25, 0.3) is 11.5 Å². The molecule has 1 aliphatic carbocycles. The summed E-state index contributed by atoms with van der Waals surface area (Å²) in [5, 5.41) is 10.7. The van der Waals surface area contributed by atoms with Gasteiger partial charge in [-0.15, -0.1) is 16.9 Å². The second kappa shape index (κ2) is 9.22. The number of carbonyl (C=O) groups excluding carboxylic acids is 1. The van der Waals surface area contributed by atoms with Gasteiger partial charge in [-0.25, -0.2) is 4.39 Å². The summed E-state index contributed by atoms with van der Waals surface area (Å²) in [5.74, 6) is 0.775. The van der Waals surface area contributed by atoms with Gasteiger partial charge in [0, 0.05) is 16.9 Å². The zero-order chi connectivity index (χ0) is 20.1. The molecular formula is C22H22FN3O2S. The molecule has 1 aliphatic rings. The van der Waals surface area contributed by atoms with E-state index in [4.69, 9.17) is 4.42 Å². The van der Waals surface area contributed by atoms with E-state index in [0.717, 1.165) is 29.1 Å². The highest BCUT2D eigenvalue weighted by Gasteiger charge is 2.15. The van der Waals surface area contributed by atoms with Crippen LogP contribution in [0.5, 0.6) is 0 Å². The molecule has 0 aliphatic heterocycles. The second-order valence-corrected chi connectivity index (χ2v) is 8.23. The van der Waals surface area contributed by atoms with Crippen LogP contribution in [-0.4, -0.2) is 21.9 Å². The first-order chi connectivity index (χ1) is 14.2. The highest BCUT2D eigenvalue weighted by Crippen LogP contribution is 2.27. The van der Waals surface area contributed by atoms with Gasteiger partial charge in [0.2, 0.25) is 11.8 Å². The van der Waals surface area contributed by atoms with Crippen LogP contribution in [0.4, 0.5) is 10.4 Å². The molecule has 5 nitrogen and oxygen atoms in total. The Balaban J connectivity index is 1.26. The van der Waals surface area contributed by atoms with E-state index in [-0.39, 0.29) is 17.7 Å². The van der Waals surface area contributed by atoms with Crippen molar-refractivity contribution in [2.24, 2.45) is 0 Å². The molecule has 0 spiro atoms. The zero-order valence-electron chi connectivity index (χ0n) is 16.0. The largest absolute Gasteiger partial charge is 0.403 e. The molecule has 1 heterocycles. The lowest BCUT2D eigenvalue weighted by Gasteiger charge is -2.15.